The number of aliphatic hydroxyl groups excluding tert-OH is 1. The molecule has 0 bridgehead atoms. The predicted octanol–water partition coefficient (Wildman–Crippen LogP) is -0.0731. The summed E-state index contributed by atoms with van der Waals surface area (Å²) in [5.41, 5.74) is 5.01. The zero-order valence-corrected chi connectivity index (χ0v) is 9.33. The Morgan fingerprint density at radius 2 is 2.06 bits per heavy atom. The lowest BCUT2D eigenvalue weighted by Gasteiger charge is -2.12. The van der Waals surface area contributed by atoms with Crippen LogP contribution in [0.25, 0.3) is 0 Å². The highest BCUT2D eigenvalue weighted by molar-refractivity contribution is 7.90. The zero-order chi connectivity index (χ0) is 12.5. The maximum atomic E-state index is 13.5. The molecule has 16 heavy (non-hydrogen) atoms. The van der Waals surface area contributed by atoms with Crippen LogP contribution in [-0.2, 0) is 9.84 Å². The Labute approximate surface area is 92.2 Å². The summed E-state index contributed by atoms with van der Waals surface area (Å²) in [6.07, 6.45) is -0.410. The van der Waals surface area contributed by atoms with E-state index in [0.29, 0.717) is 0 Å². The molecule has 0 radical (unpaired) electrons. The first-order valence-electron chi connectivity index (χ1n) is 4.38. The highest BCUT2D eigenvalue weighted by Crippen LogP contribution is 2.30. The second kappa shape index (κ2) is 4.36. The summed E-state index contributed by atoms with van der Waals surface area (Å²) in [5.74, 6) is -2.16. The van der Waals surface area contributed by atoms with E-state index < -0.39 is 32.4 Å². The minimum atomic E-state index is -3.75. The molecule has 0 spiro atoms. The van der Waals surface area contributed by atoms with Crippen LogP contribution in [0.5, 0.6) is 5.75 Å². The fraction of sp³-hybridized carbons (Fsp3) is 0.333. The van der Waals surface area contributed by atoms with E-state index in [1.807, 2.05) is 0 Å². The van der Waals surface area contributed by atoms with Gasteiger partial charge in [0.2, 0.25) is 0 Å². The average molecular weight is 249 g/mol. The summed E-state index contributed by atoms with van der Waals surface area (Å²) < 4.78 is 35.7. The number of aromatic hydroxyl groups is 1. The number of hydrogen-bond acceptors (Lipinski definition) is 5. The molecule has 0 saturated heterocycles. The van der Waals surface area contributed by atoms with Crippen molar-refractivity contribution in [1.82, 2.24) is 0 Å². The molecule has 5 nitrogen and oxygen atoms in total. The lowest BCUT2D eigenvalue weighted by atomic mass is 10.1. The number of aliphatic hydroxyl groups is 1. The molecule has 1 unspecified atom stereocenters. The van der Waals surface area contributed by atoms with Gasteiger partial charge >= 0.3 is 0 Å². The molecule has 0 aliphatic heterocycles. The summed E-state index contributed by atoms with van der Waals surface area (Å²) in [6, 6.07) is 2.12. The third kappa shape index (κ3) is 2.31. The summed E-state index contributed by atoms with van der Waals surface area (Å²) in [7, 11) is -3.75. The van der Waals surface area contributed by atoms with Crippen LogP contribution in [-0.4, -0.2) is 31.4 Å². The number of rotatable bonds is 3. The predicted molar refractivity (Wildman–Crippen MR) is 55.2 cm³/mol. The molecule has 1 atom stereocenters. The minimum absolute atomic E-state index is 0.132. The molecule has 0 saturated carbocycles. The van der Waals surface area contributed by atoms with E-state index in [2.05, 4.69) is 0 Å². The molecule has 1 rings (SSSR count). The number of phenols is 1. The smallest absolute Gasteiger partial charge is 0.183 e. The fourth-order valence-electron chi connectivity index (χ4n) is 1.24. The minimum Gasteiger partial charge on any atom is -0.505 e. The van der Waals surface area contributed by atoms with Crippen molar-refractivity contribution in [3.8, 4) is 5.75 Å². The molecule has 0 aliphatic rings. The van der Waals surface area contributed by atoms with E-state index >= 15 is 0 Å². The van der Waals surface area contributed by atoms with Crippen molar-refractivity contribution in [2.45, 2.75) is 11.0 Å². The summed E-state index contributed by atoms with van der Waals surface area (Å²) in [6.45, 7) is -0.203. The van der Waals surface area contributed by atoms with Gasteiger partial charge in [0.15, 0.2) is 21.4 Å². The van der Waals surface area contributed by atoms with Crippen molar-refractivity contribution in [2.24, 2.45) is 5.73 Å². The van der Waals surface area contributed by atoms with Crippen LogP contribution in [0.3, 0.4) is 0 Å². The molecular weight excluding hydrogens is 237 g/mol. The molecule has 0 fully saturated rings. The van der Waals surface area contributed by atoms with Gasteiger partial charge in [0.1, 0.15) is 4.90 Å². The largest absolute Gasteiger partial charge is 0.505 e. The second-order valence-corrected chi connectivity index (χ2v) is 5.32. The van der Waals surface area contributed by atoms with E-state index in [-0.39, 0.29) is 12.1 Å². The third-order valence-electron chi connectivity index (χ3n) is 2.09. The van der Waals surface area contributed by atoms with Crippen molar-refractivity contribution in [3.05, 3.63) is 23.5 Å². The Hall–Kier alpha value is -1.18. The van der Waals surface area contributed by atoms with E-state index in [1.54, 1.807) is 0 Å². The third-order valence-corrected chi connectivity index (χ3v) is 3.21. The van der Waals surface area contributed by atoms with Crippen LogP contribution in [0, 0.1) is 5.82 Å². The zero-order valence-electron chi connectivity index (χ0n) is 8.51. The molecule has 0 heterocycles. The van der Waals surface area contributed by atoms with Crippen molar-refractivity contribution in [2.75, 3.05) is 12.8 Å². The highest BCUT2D eigenvalue weighted by Gasteiger charge is 2.21. The topological polar surface area (TPSA) is 101 Å². The number of benzene rings is 1. The monoisotopic (exact) mass is 249 g/mol. The Balaban J connectivity index is 3.41. The van der Waals surface area contributed by atoms with Crippen molar-refractivity contribution in [1.29, 1.82) is 0 Å². The van der Waals surface area contributed by atoms with Gasteiger partial charge in [-0.15, -0.1) is 0 Å². The Morgan fingerprint density at radius 3 is 2.50 bits per heavy atom. The van der Waals surface area contributed by atoms with Gasteiger partial charge in [-0.3, -0.25) is 0 Å². The van der Waals surface area contributed by atoms with Gasteiger partial charge < -0.3 is 15.9 Å². The van der Waals surface area contributed by atoms with Gasteiger partial charge in [-0.2, -0.15) is 0 Å². The van der Waals surface area contributed by atoms with Gasteiger partial charge in [0.05, 0.1) is 6.10 Å². The first kappa shape index (κ1) is 12.9. The van der Waals surface area contributed by atoms with Crippen LogP contribution in [0.2, 0.25) is 0 Å². The lowest BCUT2D eigenvalue weighted by molar-refractivity contribution is 0.181. The van der Waals surface area contributed by atoms with E-state index in [9.17, 15) is 23.0 Å². The average Bonchev–Trinajstić information content (AvgIpc) is 2.19. The Kier molecular flexibility index (Phi) is 3.51. The molecule has 0 aliphatic carbocycles. The van der Waals surface area contributed by atoms with Crippen LogP contribution in [0.4, 0.5) is 4.39 Å². The van der Waals surface area contributed by atoms with Gasteiger partial charge in [-0.1, -0.05) is 6.07 Å². The van der Waals surface area contributed by atoms with Gasteiger partial charge in [0.25, 0.3) is 0 Å². The molecule has 0 amide bonds. The van der Waals surface area contributed by atoms with E-state index in [4.69, 9.17) is 5.73 Å². The number of phenolic OH excluding ortho intramolecular Hbond substituents is 1. The van der Waals surface area contributed by atoms with Crippen molar-refractivity contribution < 1.29 is 23.0 Å². The number of halogens is 1. The normalized spacial score (nSPS) is 13.8. The van der Waals surface area contributed by atoms with Crippen LogP contribution >= 0.6 is 0 Å². The summed E-state index contributed by atoms with van der Waals surface area (Å²) >= 11 is 0. The molecule has 0 aromatic heterocycles. The molecule has 1 aromatic carbocycles. The van der Waals surface area contributed by atoms with Crippen LogP contribution < -0.4 is 5.73 Å². The van der Waals surface area contributed by atoms with E-state index in [0.717, 1.165) is 18.4 Å². The first-order chi connectivity index (χ1) is 7.29. The molecular formula is C9H12FNO4S. The lowest BCUT2D eigenvalue weighted by Crippen LogP contribution is -2.13. The first-order valence-corrected chi connectivity index (χ1v) is 6.27. The van der Waals surface area contributed by atoms with Gasteiger partial charge in [-0.25, -0.2) is 12.8 Å². The summed E-state index contributed by atoms with van der Waals surface area (Å²) in [4.78, 5) is -0.613. The highest BCUT2D eigenvalue weighted by atomic mass is 32.2. The molecule has 90 valence electrons. The van der Waals surface area contributed by atoms with E-state index in [1.165, 1.54) is 0 Å². The van der Waals surface area contributed by atoms with Crippen molar-refractivity contribution in [3.63, 3.8) is 0 Å². The number of hydrogen-bond donors (Lipinski definition) is 3. The fourth-order valence-corrected chi connectivity index (χ4v) is 1.98. The Bertz CT molecular complexity index is 500. The molecule has 4 N–H and O–H groups in total. The maximum Gasteiger partial charge on any atom is 0.183 e. The molecule has 7 heteroatoms. The van der Waals surface area contributed by atoms with Crippen molar-refractivity contribution >= 4 is 9.84 Å². The van der Waals surface area contributed by atoms with Crippen LogP contribution in [0.15, 0.2) is 17.0 Å². The Morgan fingerprint density at radius 1 is 1.50 bits per heavy atom. The van der Waals surface area contributed by atoms with Gasteiger partial charge in [-0.05, 0) is 6.07 Å². The van der Waals surface area contributed by atoms with Crippen LogP contribution in [0.1, 0.15) is 11.7 Å². The standard InChI is InChI=1S/C9H12FNO4S/c1-16(14,15)7-3-2-5(6(12)4-11)9(13)8(7)10/h2-3,6,12-13H,4,11H2,1H3. The number of nitrogens with two attached hydrogens (primary N) is 1. The quantitative estimate of drug-likeness (QED) is 0.696. The van der Waals surface area contributed by atoms with Gasteiger partial charge in [0, 0.05) is 18.4 Å². The molecule has 1 aromatic rings. The number of sulfone groups is 1. The maximum absolute atomic E-state index is 13.5. The summed E-state index contributed by atoms with van der Waals surface area (Å²) in [5, 5.41) is 18.7. The second-order valence-electron chi connectivity index (χ2n) is 3.34. The SMILES string of the molecule is CS(=O)(=O)c1ccc(C(O)CN)c(O)c1F.